The average molecular weight is 258 g/mol. The second-order valence-electron chi connectivity index (χ2n) is 5.42. The Balaban J connectivity index is 1.67. The molecule has 1 fully saturated rings. The Hall–Kier alpha value is -1.68. The molecule has 0 bridgehead atoms. The van der Waals surface area contributed by atoms with Crippen LogP contribution in [-0.4, -0.2) is 35.8 Å². The van der Waals surface area contributed by atoms with E-state index < -0.39 is 0 Å². The number of amides is 2. The molecule has 100 valence electrons. The Morgan fingerprint density at radius 1 is 1.16 bits per heavy atom. The van der Waals surface area contributed by atoms with Gasteiger partial charge in [0.05, 0.1) is 12.5 Å². The maximum atomic E-state index is 11.9. The van der Waals surface area contributed by atoms with Crippen molar-refractivity contribution < 1.29 is 9.59 Å². The summed E-state index contributed by atoms with van der Waals surface area (Å²) >= 11 is 0. The lowest BCUT2D eigenvalue weighted by atomic mass is 9.88. The smallest absolute Gasteiger partial charge is 0.246 e. The maximum absolute atomic E-state index is 11.9. The minimum Gasteiger partial charge on any atom is -0.302 e. The molecule has 1 aromatic carbocycles. The van der Waals surface area contributed by atoms with Gasteiger partial charge in [0.1, 0.15) is 0 Å². The van der Waals surface area contributed by atoms with Crippen LogP contribution in [0.2, 0.25) is 0 Å². The summed E-state index contributed by atoms with van der Waals surface area (Å²) in [7, 11) is 1.56. The van der Waals surface area contributed by atoms with Crippen LogP contribution in [0.1, 0.15) is 24.0 Å². The van der Waals surface area contributed by atoms with Crippen molar-refractivity contribution >= 4 is 11.8 Å². The van der Waals surface area contributed by atoms with Crippen LogP contribution in [0.5, 0.6) is 0 Å². The van der Waals surface area contributed by atoms with Crippen LogP contribution in [0, 0.1) is 0 Å². The summed E-state index contributed by atoms with van der Waals surface area (Å²) in [5.74, 6) is -0.178. The van der Waals surface area contributed by atoms with Crippen LogP contribution in [0.3, 0.4) is 0 Å². The number of hydrogen-bond donors (Lipinski definition) is 1. The first kappa shape index (κ1) is 12.4. The number of likely N-dealkylation sites (N-methyl/N-ethyl adjacent to an activating group) is 1. The molecule has 19 heavy (non-hydrogen) atoms. The van der Waals surface area contributed by atoms with Crippen molar-refractivity contribution in [2.75, 3.05) is 7.05 Å². The summed E-state index contributed by atoms with van der Waals surface area (Å²) in [4.78, 5) is 24.6. The number of likely N-dealkylation sites (tertiary alicyclic amines) is 1. The maximum Gasteiger partial charge on any atom is 0.246 e. The molecule has 1 aliphatic heterocycles. The number of rotatable bonds is 2. The molecule has 4 heteroatoms. The molecule has 1 saturated heterocycles. The minimum absolute atomic E-state index is 0.0845. The molecule has 0 aromatic heterocycles. The van der Waals surface area contributed by atoms with Gasteiger partial charge in [0.15, 0.2) is 0 Å². The quantitative estimate of drug-likeness (QED) is 0.802. The van der Waals surface area contributed by atoms with E-state index in [1.165, 1.54) is 16.0 Å². The molecule has 3 rings (SSSR count). The van der Waals surface area contributed by atoms with Gasteiger partial charge in [-0.05, 0) is 30.4 Å². The van der Waals surface area contributed by atoms with Crippen LogP contribution in [0.15, 0.2) is 24.3 Å². The molecule has 2 amide bonds. The number of fused-ring (bicyclic) bond motifs is 1. The van der Waals surface area contributed by atoms with Gasteiger partial charge in [-0.1, -0.05) is 24.3 Å². The molecule has 1 heterocycles. The van der Waals surface area contributed by atoms with E-state index >= 15 is 0 Å². The van der Waals surface area contributed by atoms with Crippen molar-refractivity contribution in [3.8, 4) is 0 Å². The molecule has 2 unspecified atom stereocenters. The zero-order valence-corrected chi connectivity index (χ0v) is 11.1. The van der Waals surface area contributed by atoms with Crippen molar-refractivity contribution in [1.29, 1.82) is 0 Å². The Bertz CT molecular complexity index is 527. The zero-order valence-electron chi connectivity index (χ0n) is 11.1. The Labute approximate surface area is 112 Å². The lowest BCUT2D eigenvalue weighted by Crippen LogP contribution is -2.45. The number of nitrogens with zero attached hydrogens (tertiary/aromatic N) is 1. The molecule has 0 saturated carbocycles. The predicted molar refractivity (Wildman–Crippen MR) is 71.6 cm³/mol. The standard InChI is InChI=1S/C15H18N2O2/c1-17-14(18)9-13(15(17)19)16-12-7-6-10-4-2-3-5-11(10)8-12/h2-5,12-13,16H,6-9H2,1H3. The third kappa shape index (κ3) is 2.28. The highest BCUT2D eigenvalue weighted by Crippen LogP contribution is 2.22. The van der Waals surface area contributed by atoms with Crippen molar-refractivity contribution in [3.63, 3.8) is 0 Å². The van der Waals surface area contributed by atoms with E-state index in [0.717, 1.165) is 19.3 Å². The third-order valence-corrected chi connectivity index (χ3v) is 4.17. The van der Waals surface area contributed by atoms with Crippen LogP contribution in [0.25, 0.3) is 0 Å². The molecule has 1 aromatic rings. The first-order chi connectivity index (χ1) is 9.15. The summed E-state index contributed by atoms with van der Waals surface area (Å²) in [6, 6.07) is 8.41. The largest absolute Gasteiger partial charge is 0.302 e. The Morgan fingerprint density at radius 3 is 2.58 bits per heavy atom. The summed E-state index contributed by atoms with van der Waals surface area (Å²) in [6.45, 7) is 0. The van der Waals surface area contributed by atoms with E-state index in [-0.39, 0.29) is 17.9 Å². The summed E-state index contributed by atoms with van der Waals surface area (Å²) in [5, 5.41) is 3.36. The summed E-state index contributed by atoms with van der Waals surface area (Å²) < 4.78 is 0. The fourth-order valence-corrected chi connectivity index (χ4v) is 3.01. The molecular formula is C15H18N2O2. The highest BCUT2D eigenvalue weighted by atomic mass is 16.2. The van der Waals surface area contributed by atoms with Crippen molar-refractivity contribution in [2.24, 2.45) is 0 Å². The average Bonchev–Trinajstić information content (AvgIpc) is 2.66. The molecule has 0 radical (unpaired) electrons. The zero-order chi connectivity index (χ0) is 13.4. The van der Waals surface area contributed by atoms with Crippen LogP contribution in [0.4, 0.5) is 0 Å². The van der Waals surface area contributed by atoms with E-state index in [2.05, 4.69) is 29.6 Å². The minimum atomic E-state index is -0.326. The van der Waals surface area contributed by atoms with Crippen LogP contribution >= 0.6 is 0 Å². The third-order valence-electron chi connectivity index (χ3n) is 4.17. The molecule has 1 aliphatic carbocycles. The highest BCUT2D eigenvalue weighted by Gasteiger charge is 2.37. The molecule has 1 N–H and O–H groups in total. The number of carbonyl (C=O) groups is 2. The van der Waals surface area contributed by atoms with E-state index in [0.29, 0.717) is 12.5 Å². The Kier molecular flexibility index (Phi) is 3.11. The van der Waals surface area contributed by atoms with Crippen molar-refractivity contribution in [3.05, 3.63) is 35.4 Å². The van der Waals surface area contributed by atoms with E-state index in [1.807, 2.05) is 0 Å². The molecule has 0 spiro atoms. The monoisotopic (exact) mass is 258 g/mol. The number of imide groups is 1. The van der Waals surface area contributed by atoms with E-state index in [4.69, 9.17) is 0 Å². The summed E-state index contributed by atoms with van der Waals surface area (Å²) in [6.07, 6.45) is 3.31. The van der Waals surface area contributed by atoms with Crippen molar-refractivity contribution in [1.82, 2.24) is 10.2 Å². The van der Waals surface area contributed by atoms with Crippen LogP contribution < -0.4 is 5.32 Å². The lowest BCUT2D eigenvalue weighted by molar-refractivity contribution is -0.137. The fourth-order valence-electron chi connectivity index (χ4n) is 3.01. The molecular weight excluding hydrogens is 240 g/mol. The molecule has 2 atom stereocenters. The second kappa shape index (κ2) is 4.78. The number of hydrogen-bond acceptors (Lipinski definition) is 3. The van der Waals surface area contributed by atoms with Crippen molar-refractivity contribution in [2.45, 2.75) is 37.8 Å². The van der Waals surface area contributed by atoms with Gasteiger partial charge in [-0.15, -0.1) is 0 Å². The topological polar surface area (TPSA) is 49.4 Å². The van der Waals surface area contributed by atoms with E-state index in [9.17, 15) is 9.59 Å². The van der Waals surface area contributed by atoms with Gasteiger partial charge in [0.2, 0.25) is 11.8 Å². The van der Waals surface area contributed by atoms with Gasteiger partial charge in [-0.3, -0.25) is 14.5 Å². The highest BCUT2D eigenvalue weighted by molar-refractivity contribution is 6.05. The molecule has 2 aliphatic rings. The number of aryl methyl sites for hydroxylation is 1. The normalized spacial score (nSPS) is 26.7. The van der Waals surface area contributed by atoms with Gasteiger partial charge in [0, 0.05) is 13.1 Å². The van der Waals surface area contributed by atoms with Gasteiger partial charge in [-0.2, -0.15) is 0 Å². The Morgan fingerprint density at radius 2 is 1.89 bits per heavy atom. The SMILES string of the molecule is CN1C(=O)CC(NC2CCc3ccccc3C2)C1=O. The first-order valence-corrected chi connectivity index (χ1v) is 6.78. The van der Waals surface area contributed by atoms with E-state index in [1.54, 1.807) is 7.05 Å². The fraction of sp³-hybridized carbons (Fsp3) is 0.467. The lowest BCUT2D eigenvalue weighted by Gasteiger charge is -2.27. The van der Waals surface area contributed by atoms with Gasteiger partial charge in [-0.25, -0.2) is 0 Å². The first-order valence-electron chi connectivity index (χ1n) is 6.78. The number of carbonyl (C=O) groups excluding carboxylic acids is 2. The van der Waals surface area contributed by atoms with Gasteiger partial charge in [0.25, 0.3) is 0 Å². The second-order valence-corrected chi connectivity index (χ2v) is 5.42. The number of benzene rings is 1. The molecule has 4 nitrogen and oxygen atoms in total. The van der Waals surface area contributed by atoms with Gasteiger partial charge < -0.3 is 5.32 Å². The summed E-state index contributed by atoms with van der Waals surface area (Å²) in [5.41, 5.74) is 2.77. The van der Waals surface area contributed by atoms with Crippen LogP contribution in [-0.2, 0) is 22.4 Å². The number of nitrogens with one attached hydrogen (secondary N) is 1. The van der Waals surface area contributed by atoms with Gasteiger partial charge >= 0.3 is 0 Å². The predicted octanol–water partition coefficient (Wildman–Crippen LogP) is 0.891.